The number of thiazole rings is 1. The zero-order chi connectivity index (χ0) is 22.8. The first-order chi connectivity index (χ1) is 16.0. The van der Waals surface area contributed by atoms with Gasteiger partial charge in [0.05, 0.1) is 28.4 Å². The van der Waals surface area contributed by atoms with E-state index in [1.807, 2.05) is 61.1 Å². The van der Waals surface area contributed by atoms with Crippen molar-refractivity contribution in [3.63, 3.8) is 0 Å². The number of aromatic nitrogens is 5. The van der Waals surface area contributed by atoms with E-state index in [2.05, 4.69) is 31.7 Å². The Kier molecular flexibility index (Phi) is 5.80. The summed E-state index contributed by atoms with van der Waals surface area (Å²) in [5, 5.41) is 8.11. The first-order valence-electron chi connectivity index (χ1n) is 10.2. The van der Waals surface area contributed by atoms with Crippen LogP contribution in [0.3, 0.4) is 0 Å². The van der Waals surface area contributed by atoms with E-state index in [0.717, 1.165) is 33.4 Å². The maximum atomic E-state index is 5.80. The van der Waals surface area contributed by atoms with Crippen LogP contribution < -0.4 is 15.4 Å². The first kappa shape index (κ1) is 21.2. The molecular weight excluding hydrogens is 458 g/mol. The van der Waals surface area contributed by atoms with E-state index in [-0.39, 0.29) is 6.01 Å². The number of anilines is 3. The van der Waals surface area contributed by atoms with Gasteiger partial charge >= 0.3 is 6.01 Å². The maximum Gasteiger partial charge on any atom is 0.321 e. The van der Waals surface area contributed by atoms with Gasteiger partial charge in [0.25, 0.3) is 0 Å². The Bertz CT molecular complexity index is 1400. The lowest BCUT2D eigenvalue weighted by Crippen LogP contribution is -2.05. The van der Waals surface area contributed by atoms with E-state index in [1.165, 1.54) is 17.3 Å². The largest absolute Gasteiger partial charge is 0.424 e. The molecule has 3 aromatic heterocycles. The minimum atomic E-state index is 0.254. The number of nitrogens with zero attached hydrogens (tertiary/aromatic N) is 5. The summed E-state index contributed by atoms with van der Waals surface area (Å²) in [6.07, 6.45) is 4.86. The van der Waals surface area contributed by atoms with Gasteiger partial charge in [-0.3, -0.25) is 0 Å². The summed E-state index contributed by atoms with van der Waals surface area (Å²) in [5.41, 5.74) is 4.02. The van der Waals surface area contributed by atoms with Crippen LogP contribution >= 0.6 is 22.9 Å². The van der Waals surface area contributed by atoms with Gasteiger partial charge in [-0.15, -0.1) is 11.3 Å². The molecule has 0 spiro atoms. The molecule has 0 saturated carbocycles. The standard InChI is InChI=1S/C23H20ClN7OS/c1-14-10-28-23(33-14)29-17-5-8-19-20(9-17)31(2)21(30-19)25-11-15-3-6-18(7-4-15)32-22-26-12-16(24)13-27-22/h3-10,12-13H,11H2,1-2H3,(H,25,30)(H,28,29). The highest BCUT2D eigenvalue weighted by molar-refractivity contribution is 7.15. The zero-order valence-corrected chi connectivity index (χ0v) is 19.5. The van der Waals surface area contributed by atoms with Crippen molar-refractivity contribution < 1.29 is 4.74 Å². The molecule has 3 heterocycles. The van der Waals surface area contributed by atoms with Gasteiger partial charge in [0.15, 0.2) is 5.13 Å². The normalized spacial score (nSPS) is 11.0. The molecule has 0 bridgehead atoms. The molecule has 0 aliphatic rings. The summed E-state index contributed by atoms with van der Waals surface area (Å²) in [4.78, 5) is 18.3. The molecule has 0 radical (unpaired) electrons. The van der Waals surface area contributed by atoms with E-state index < -0.39 is 0 Å². The highest BCUT2D eigenvalue weighted by atomic mass is 35.5. The number of fused-ring (bicyclic) bond motifs is 1. The summed E-state index contributed by atoms with van der Waals surface area (Å²) < 4.78 is 7.68. The van der Waals surface area contributed by atoms with Crippen molar-refractivity contribution in [2.75, 3.05) is 10.6 Å². The van der Waals surface area contributed by atoms with Gasteiger partial charge < -0.3 is 19.9 Å². The molecule has 0 unspecified atom stereocenters. The number of nitrogens with one attached hydrogen (secondary N) is 2. The van der Waals surface area contributed by atoms with Crippen LogP contribution in [0.1, 0.15) is 10.4 Å². The summed E-state index contributed by atoms with van der Waals surface area (Å²) in [6.45, 7) is 2.66. The van der Waals surface area contributed by atoms with Gasteiger partial charge in [-0.25, -0.2) is 19.9 Å². The Morgan fingerprint density at radius 2 is 1.82 bits per heavy atom. The van der Waals surface area contributed by atoms with Crippen LogP contribution in [0.5, 0.6) is 11.8 Å². The van der Waals surface area contributed by atoms with E-state index in [9.17, 15) is 0 Å². The average Bonchev–Trinajstić information content (AvgIpc) is 3.37. The number of benzene rings is 2. The lowest BCUT2D eigenvalue weighted by Gasteiger charge is -2.08. The number of imidazole rings is 1. The van der Waals surface area contributed by atoms with Crippen LogP contribution in [0.25, 0.3) is 11.0 Å². The molecule has 5 rings (SSSR count). The molecule has 2 N–H and O–H groups in total. The first-order valence-corrected chi connectivity index (χ1v) is 11.4. The quantitative estimate of drug-likeness (QED) is 0.300. The third-order valence-electron chi connectivity index (χ3n) is 4.93. The van der Waals surface area contributed by atoms with Gasteiger partial charge in [0.2, 0.25) is 5.95 Å². The molecule has 0 saturated heterocycles. The van der Waals surface area contributed by atoms with Gasteiger partial charge in [-0.2, -0.15) is 0 Å². The Hall–Kier alpha value is -3.69. The minimum absolute atomic E-state index is 0.254. The highest BCUT2D eigenvalue weighted by Crippen LogP contribution is 2.27. The maximum absolute atomic E-state index is 5.80. The number of halogens is 1. The molecule has 166 valence electrons. The zero-order valence-electron chi connectivity index (χ0n) is 17.9. The number of aryl methyl sites for hydroxylation is 2. The van der Waals surface area contributed by atoms with Crippen molar-refractivity contribution in [1.29, 1.82) is 0 Å². The fourth-order valence-electron chi connectivity index (χ4n) is 3.28. The van der Waals surface area contributed by atoms with Crippen LogP contribution in [0.4, 0.5) is 16.8 Å². The third kappa shape index (κ3) is 4.89. The third-order valence-corrected chi connectivity index (χ3v) is 5.96. The topological polar surface area (TPSA) is 89.8 Å². The second kappa shape index (κ2) is 9.05. The van der Waals surface area contributed by atoms with Gasteiger partial charge in [-0.1, -0.05) is 23.7 Å². The lowest BCUT2D eigenvalue weighted by molar-refractivity contribution is 0.441. The molecular formula is C23H20ClN7OS. The van der Waals surface area contributed by atoms with Crippen LogP contribution in [-0.2, 0) is 13.6 Å². The second-order valence-corrected chi connectivity index (χ2v) is 9.05. The van der Waals surface area contributed by atoms with Crippen molar-refractivity contribution >= 4 is 50.7 Å². The predicted octanol–water partition coefficient (Wildman–Crippen LogP) is 5.93. The molecule has 33 heavy (non-hydrogen) atoms. The summed E-state index contributed by atoms with van der Waals surface area (Å²) >= 11 is 7.43. The summed E-state index contributed by atoms with van der Waals surface area (Å²) in [5.74, 6) is 1.45. The Morgan fingerprint density at radius 1 is 1.03 bits per heavy atom. The van der Waals surface area contributed by atoms with Gasteiger partial charge in [-0.05, 0) is 42.8 Å². The molecule has 10 heteroatoms. The summed E-state index contributed by atoms with van der Waals surface area (Å²) in [7, 11) is 2.00. The number of hydrogen-bond acceptors (Lipinski definition) is 8. The number of rotatable bonds is 7. The number of hydrogen-bond donors (Lipinski definition) is 2. The van der Waals surface area contributed by atoms with Crippen LogP contribution in [-0.4, -0.2) is 24.5 Å². The smallest absolute Gasteiger partial charge is 0.321 e. The molecule has 0 fully saturated rings. The van der Waals surface area contributed by atoms with E-state index in [0.29, 0.717) is 17.3 Å². The Morgan fingerprint density at radius 3 is 2.55 bits per heavy atom. The Labute approximate surface area is 199 Å². The van der Waals surface area contributed by atoms with Crippen LogP contribution in [0.15, 0.2) is 61.1 Å². The fraction of sp³-hybridized carbons (Fsp3) is 0.130. The lowest BCUT2D eigenvalue weighted by atomic mass is 10.2. The van der Waals surface area contributed by atoms with Crippen molar-refractivity contribution in [2.24, 2.45) is 7.05 Å². The fourth-order valence-corrected chi connectivity index (χ4v) is 4.06. The average molecular weight is 478 g/mol. The molecule has 2 aromatic carbocycles. The van der Waals surface area contributed by atoms with E-state index >= 15 is 0 Å². The summed E-state index contributed by atoms with van der Waals surface area (Å²) in [6, 6.07) is 14.1. The Balaban J connectivity index is 1.25. The van der Waals surface area contributed by atoms with Crippen molar-refractivity contribution in [3.05, 3.63) is 76.5 Å². The molecule has 0 amide bonds. The number of ether oxygens (including phenoxy) is 1. The van der Waals surface area contributed by atoms with Gasteiger partial charge in [0, 0.05) is 30.4 Å². The van der Waals surface area contributed by atoms with Gasteiger partial charge in [0.1, 0.15) is 5.75 Å². The second-order valence-electron chi connectivity index (χ2n) is 7.38. The van der Waals surface area contributed by atoms with Crippen LogP contribution in [0, 0.1) is 6.92 Å². The van der Waals surface area contributed by atoms with Crippen molar-refractivity contribution in [1.82, 2.24) is 24.5 Å². The van der Waals surface area contributed by atoms with Crippen molar-refractivity contribution in [2.45, 2.75) is 13.5 Å². The minimum Gasteiger partial charge on any atom is -0.424 e. The SMILES string of the molecule is Cc1cnc(Nc2ccc3nc(NCc4ccc(Oc5ncc(Cl)cn5)cc4)n(C)c3c2)s1. The molecule has 8 nitrogen and oxygen atoms in total. The molecule has 0 aliphatic heterocycles. The molecule has 0 aliphatic carbocycles. The van der Waals surface area contributed by atoms with Crippen molar-refractivity contribution in [3.8, 4) is 11.8 Å². The van der Waals surface area contributed by atoms with E-state index in [1.54, 1.807) is 11.3 Å². The molecule has 5 aromatic rings. The highest BCUT2D eigenvalue weighted by Gasteiger charge is 2.09. The molecule has 0 atom stereocenters. The van der Waals surface area contributed by atoms with E-state index in [4.69, 9.17) is 21.3 Å². The monoisotopic (exact) mass is 477 g/mol. The predicted molar refractivity (Wildman–Crippen MR) is 132 cm³/mol. The van der Waals surface area contributed by atoms with Crippen LogP contribution in [0.2, 0.25) is 5.02 Å².